The molecule has 13 nitrogen and oxygen atoms in total. The van der Waals surface area contributed by atoms with Gasteiger partial charge in [-0.25, -0.2) is 4.79 Å². The van der Waals surface area contributed by atoms with Gasteiger partial charge in [-0.05, 0) is 57.0 Å². The van der Waals surface area contributed by atoms with Crippen LogP contribution in [0, 0.1) is 27.2 Å². The first-order valence-electron chi connectivity index (χ1n) is 11.7. The van der Waals surface area contributed by atoms with Crippen LogP contribution in [0.2, 0.25) is 0 Å². The van der Waals surface area contributed by atoms with Gasteiger partial charge in [-0.1, -0.05) is 0 Å². The number of hydrazone groups is 1. The quantitative estimate of drug-likeness (QED) is 0.235. The van der Waals surface area contributed by atoms with Gasteiger partial charge in [0.05, 0.1) is 33.8 Å². The highest BCUT2D eigenvalue weighted by Gasteiger charge is 2.28. The molecule has 1 aliphatic carbocycles. The number of aryl methyl sites for hydroxylation is 1. The van der Waals surface area contributed by atoms with Crippen molar-refractivity contribution in [2.75, 3.05) is 17.3 Å². The van der Waals surface area contributed by atoms with Crippen LogP contribution in [0.25, 0.3) is 0 Å². The van der Waals surface area contributed by atoms with Gasteiger partial charge in [-0.3, -0.25) is 30.4 Å². The van der Waals surface area contributed by atoms with Crippen molar-refractivity contribution in [2.24, 2.45) is 5.10 Å². The lowest BCUT2D eigenvalue weighted by Crippen LogP contribution is -2.14. The molecule has 1 amide bonds. The summed E-state index contributed by atoms with van der Waals surface area (Å²) in [6.45, 7) is 3.69. The number of nitrogens with one attached hydrogen (secondary N) is 2. The normalized spacial score (nSPS) is 13.5. The van der Waals surface area contributed by atoms with Crippen LogP contribution in [0.4, 0.5) is 22.7 Å². The number of fused-ring (bicyclic) bond motifs is 1. The molecule has 0 radical (unpaired) electrons. The predicted octanol–water partition coefficient (Wildman–Crippen LogP) is 4.99. The first-order chi connectivity index (χ1) is 18.2. The van der Waals surface area contributed by atoms with Crippen molar-refractivity contribution in [3.63, 3.8) is 0 Å². The number of rotatable bonds is 8. The number of furan rings is 1. The first-order valence-corrected chi connectivity index (χ1v) is 11.7. The van der Waals surface area contributed by atoms with Crippen molar-refractivity contribution in [2.45, 2.75) is 33.1 Å². The lowest BCUT2D eigenvalue weighted by molar-refractivity contribution is -0.393. The molecule has 13 heteroatoms. The summed E-state index contributed by atoms with van der Waals surface area (Å²) in [6, 6.07) is 9.47. The fraction of sp³-hybridized carbons (Fsp3) is 0.240. The van der Waals surface area contributed by atoms with E-state index in [9.17, 15) is 29.8 Å². The van der Waals surface area contributed by atoms with Gasteiger partial charge in [0, 0.05) is 29.3 Å². The van der Waals surface area contributed by atoms with E-state index in [1.165, 1.54) is 6.07 Å². The smallest absolute Gasteiger partial charge is 0.338 e. The standard InChI is InChI=1S/C25H23N5O8/c1-3-37-25(32)15-7-9-16(10-8-15)26-24(31)23-14(2)22-19(5-4-6-21(22)38-23)28-27-18-12-11-17(29(33)34)13-20(18)30(35)36/h7-13,27H,3-6H2,1-2H3,(H,26,31)/b28-19+. The van der Waals surface area contributed by atoms with Gasteiger partial charge in [0.25, 0.3) is 11.6 Å². The van der Waals surface area contributed by atoms with Gasteiger partial charge >= 0.3 is 11.7 Å². The summed E-state index contributed by atoms with van der Waals surface area (Å²) in [4.78, 5) is 45.8. The summed E-state index contributed by atoms with van der Waals surface area (Å²) in [5.74, 6) is -0.283. The molecule has 38 heavy (non-hydrogen) atoms. The van der Waals surface area contributed by atoms with Crippen LogP contribution in [-0.4, -0.2) is 34.0 Å². The molecule has 0 spiro atoms. The number of carbonyl (C=O) groups is 2. The van der Waals surface area contributed by atoms with Gasteiger partial charge in [0.1, 0.15) is 11.4 Å². The molecule has 2 aromatic carbocycles. The predicted molar refractivity (Wildman–Crippen MR) is 137 cm³/mol. The Hall–Kier alpha value is -5.07. The van der Waals surface area contributed by atoms with Crippen LogP contribution in [0.5, 0.6) is 0 Å². The molecule has 3 aromatic rings. The molecule has 1 heterocycles. The number of hydrogen-bond acceptors (Lipinski definition) is 10. The van der Waals surface area contributed by atoms with E-state index < -0.39 is 33.1 Å². The van der Waals surface area contributed by atoms with Crippen LogP contribution in [0.15, 0.2) is 52.0 Å². The number of nitro benzene ring substituents is 2. The van der Waals surface area contributed by atoms with Crippen molar-refractivity contribution in [3.8, 4) is 0 Å². The van der Waals surface area contributed by atoms with Crippen molar-refractivity contribution < 1.29 is 28.6 Å². The largest absolute Gasteiger partial charge is 0.462 e. The first kappa shape index (κ1) is 26.0. The maximum atomic E-state index is 13.0. The molecule has 2 N–H and O–H groups in total. The zero-order valence-electron chi connectivity index (χ0n) is 20.5. The maximum Gasteiger partial charge on any atom is 0.338 e. The van der Waals surface area contributed by atoms with E-state index in [1.807, 2.05) is 0 Å². The number of nitrogens with zero attached hydrogens (tertiary/aromatic N) is 3. The number of esters is 1. The van der Waals surface area contributed by atoms with E-state index in [-0.39, 0.29) is 18.1 Å². The second-order valence-corrected chi connectivity index (χ2v) is 8.35. The number of anilines is 2. The molecule has 0 saturated heterocycles. The SMILES string of the molecule is CCOC(=O)c1ccc(NC(=O)c2oc3c(c2C)/C(=N/Nc2ccc([N+](=O)[O-])cc2[N+](=O)[O-])CCC3)cc1. The van der Waals surface area contributed by atoms with Gasteiger partial charge in [0.15, 0.2) is 5.76 Å². The summed E-state index contributed by atoms with van der Waals surface area (Å²) in [7, 11) is 0. The number of carbonyl (C=O) groups excluding carboxylic acids is 2. The second-order valence-electron chi connectivity index (χ2n) is 8.35. The van der Waals surface area contributed by atoms with Gasteiger partial charge < -0.3 is 14.5 Å². The molecule has 0 unspecified atom stereocenters. The van der Waals surface area contributed by atoms with Crippen molar-refractivity contribution >= 4 is 40.3 Å². The highest BCUT2D eigenvalue weighted by Crippen LogP contribution is 2.32. The van der Waals surface area contributed by atoms with Crippen molar-refractivity contribution in [3.05, 3.63) is 90.9 Å². The Morgan fingerprint density at radius 3 is 2.47 bits per heavy atom. The van der Waals surface area contributed by atoms with E-state index in [2.05, 4.69) is 15.8 Å². The molecule has 0 aliphatic heterocycles. The molecule has 0 fully saturated rings. The van der Waals surface area contributed by atoms with E-state index in [1.54, 1.807) is 38.1 Å². The fourth-order valence-electron chi connectivity index (χ4n) is 4.10. The van der Waals surface area contributed by atoms with E-state index in [0.29, 0.717) is 53.1 Å². The third-order valence-electron chi connectivity index (χ3n) is 5.89. The molecular weight excluding hydrogens is 498 g/mol. The second kappa shape index (κ2) is 10.9. The number of hydrogen-bond donors (Lipinski definition) is 2. The Labute approximate surface area is 215 Å². The average Bonchev–Trinajstić information content (AvgIpc) is 3.25. The number of benzene rings is 2. The van der Waals surface area contributed by atoms with Crippen molar-refractivity contribution in [1.29, 1.82) is 0 Å². The lowest BCUT2D eigenvalue weighted by Gasteiger charge is -2.13. The third-order valence-corrected chi connectivity index (χ3v) is 5.89. The zero-order valence-corrected chi connectivity index (χ0v) is 20.5. The van der Waals surface area contributed by atoms with Gasteiger partial charge in [-0.15, -0.1) is 0 Å². The number of amides is 1. The summed E-state index contributed by atoms with van der Waals surface area (Å²) < 4.78 is 10.8. The number of nitro groups is 2. The Balaban J connectivity index is 1.56. The van der Waals surface area contributed by atoms with Gasteiger partial charge in [-0.2, -0.15) is 5.10 Å². The molecule has 0 saturated carbocycles. The van der Waals surface area contributed by atoms with E-state index in [0.717, 1.165) is 12.1 Å². The molecule has 196 valence electrons. The molecule has 4 rings (SSSR count). The fourth-order valence-corrected chi connectivity index (χ4v) is 4.10. The molecule has 0 bridgehead atoms. The summed E-state index contributed by atoms with van der Waals surface area (Å²) in [6.07, 6.45) is 1.78. The molecule has 1 aliphatic rings. The van der Waals surface area contributed by atoms with Crippen LogP contribution >= 0.6 is 0 Å². The van der Waals surface area contributed by atoms with Crippen LogP contribution in [-0.2, 0) is 11.2 Å². The zero-order chi connectivity index (χ0) is 27.4. The minimum Gasteiger partial charge on any atom is -0.462 e. The van der Waals surface area contributed by atoms with Crippen LogP contribution < -0.4 is 10.7 Å². The highest BCUT2D eigenvalue weighted by atomic mass is 16.6. The summed E-state index contributed by atoms with van der Waals surface area (Å²) in [5.41, 5.74) is 4.28. The lowest BCUT2D eigenvalue weighted by atomic mass is 9.93. The Kier molecular flexibility index (Phi) is 7.46. The average molecular weight is 521 g/mol. The van der Waals surface area contributed by atoms with E-state index in [4.69, 9.17) is 9.15 Å². The highest BCUT2D eigenvalue weighted by molar-refractivity contribution is 6.09. The Morgan fingerprint density at radius 2 is 1.82 bits per heavy atom. The van der Waals surface area contributed by atoms with E-state index >= 15 is 0 Å². The molecule has 1 aromatic heterocycles. The van der Waals surface area contributed by atoms with Crippen molar-refractivity contribution in [1.82, 2.24) is 0 Å². The minimum absolute atomic E-state index is 0.00870. The number of non-ortho nitro benzene ring substituents is 1. The summed E-state index contributed by atoms with van der Waals surface area (Å²) in [5, 5.41) is 29.5. The summed E-state index contributed by atoms with van der Waals surface area (Å²) >= 11 is 0. The monoisotopic (exact) mass is 521 g/mol. The molecule has 0 atom stereocenters. The number of ether oxygens (including phenoxy) is 1. The Bertz CT molecular complexity index is 1460. The molecular formula is C25H23N5O8. The maximum absolute atomic E-state index is 13.0. The topological polar surface area (TPSA) is 179 Å². The Morgan fingerprint density at radius 1 is 1.08 bits per heavy atom. The van der Waals surface area contributed by atoms with Gasteiger partial charge in [0.2, 0.25) is 0 Å². The van der Waals surface area contributed by atoms with Crippen LogP contribution in [0.3, 0.4) is 0 Å². The third kappa shape index (κ3) is 5.36. The minimum atomic E-state index is -0.730. The van der Waals surface area contributed by atoms with Crippen LogP contribution in [0.1, 0.15) is 57.6 Å².